The fraction of sp³-hybridized carbons (Fsp3) is 0.706. The second-order valence-corrected chi connectivity index (χ2v) is 9.93. The molecule has 0 radical (unpaired) electrons. The van der Waals surface area contributed by atoms with E-state index in [2.05, 4.69) is 31.9 Å². The molecule has 2 unspecified atom stereocenters. The third-order valence-corrected chi connectivity index (χ3v) is 7.13. The summed E-state index contributed by atoms with van der Waals surface area (Å²) < 4.78 is 87.5. The van der Waals surface area contributed by atoms with Gasteiger partial charge in [0, 0.05) is 9.65 Å². The standard InChI is InChI=1S/C17H19Br2F6NO2/c1-15(2,3)28-14(27)26-12(16(20,21)22)8-4-6-10(18)11(19)7-5-9(8)13(26)17(23,24)25/h10-11H,4-7H2,1-3H3. The molecule has 2 atom stereocenters. The lowest BCUT2D eigenvalue weighted by molar-refractivity contribution is -0.152. The Bertz CT molecular complexity index is 701. The van der Waals surface area contributed by atoms with Crippen molar-refractivity contribution in [2.24, 2.45) is 0 Å². The van der Waals surface area contributed by atoms with Crippen LogP contribution in [0.2, 0.25) is 0 Å². The second-order valence-electron chi connectivity index (χ2n) is 7.57. The van der Waals surface area contributed by atoms with Crippen LogP contribution in [0.1, 0.15) is 56.1 Å². The van der Waals surface area contributed by atoms with Gasteiger partial charge in [-0.3, -0.25) is 0 Å². The van der Waals surface area contributed by atoms with Crippen LogP contribution in [0.25, 0.3) is 0 Å². The van der Waals surface area contributed by atoms with E-state index in [1.165, 1.54) is 20.8 Å². The summed E-state index contributed by atoms with van der Waals surface area (Å²) >= 11 is 6.70. The highest BCUT2D eigenvalue weighted by atomic mass is 79.9. The Hall–Kier alpha value is -0.710. The van der Waals surface area contributed by atoms with Gasteiger partial charge in [-0.2, -0.15) is 26.3 Å². The van der Waals surface area contributed by atoms with Crippen LogP contribution in [-0.4, -0.2) is 25.9 Å². The van der Waals surface area contributed by atoms with Crippen LogP contribution in [0.3, 0.4) is 0 Å². The topological polar surface area (TPSA) is 31.2 Å². The number of halogens is 8. The Morgan fingerprint density at radius 3 is 1.54 bits per heavy atom. The van der Waals surface area contributed by atoms with Gasteiger partial charge in [-0.1, -0.05) is 31.9 Å². The SMILES string of the molecule is CC(C)(C)OC(=O)n1c(C(F)(F)F)c2c(c1C(F)(F)F)CCC(Br)C(Br)CC2. The van der Waals surface area contributed by atoms with E-state index in [1.807, 2.05) is 0 Å². The number of alkyl halides is 8. The van der Waals surface area contributed by atoms with Crippen molar-refractivity contribution >= 4 is 38.0 Å². The molecule has 28 heavy (non-hydrogen) atoms. The lowest BCUT2D eigenvalue weighted by Crippen LogP contribution is -2.32. The molecular weight excluding hydrogens is 524 g/mol. The van der Waals surface area contributed by atoms with E-state index in [4.69, 9.17) is 4.74 Å². The molecule has 160 valence electrons. The predicted molar refractivity (Wildman–Crippen MR) is 98.1 cm³/mol. The normalized spacial score (nSPS) is 21.7. The third-order valence-electron chi connectivity index (χ3n) is 4.23. The van der Waals surface area contributed by atoms with Crippen LogP contribution in [0, 0.1) is 0 Å². The van der Waals surface area contributed by atoms with Gasteiger partial charge in [0.05, 0.1) is 0 Å². The van der Waals surface area contributed by atoms with Gasteiger partial charge in [0.15, 0.2) is 0 Å². The highest BCUT2D eigenvalue weighted by Gasteiger charge is 2.50. The average Bonchev–Trinajstić information content (AvgIpc) is 2.81. The first-order valence-corrected chi connectivity index (χ1v) is 10.3. The molecule has 1 aromatic heterocycles. The van der Waals surface area contributed by atoms with Crippen molar-refractivity contribution < 1.29 is 35.9 Å². The zero-order chi connectivity index (χ0) is 21.7. The first-order valence-electron chi connectivity index (χ1n) is 8.46. The van der Waals surface area contributed by atoms with Gasteiger partial charge in [0.2, 0.25) is 0 Å². The Morgan fingerprint density at radius 2 is 1.25 bits per heavy atom. The van der Waals surface area contributed by atoms with E-state index >= 15 is 0 Å². The molecule has 0 aromatic carbocycles. The Labute approximate surface area is 175 Å². The minimum absolute atomic E-state index is 0.182. The van der Waals surface area contributed by atoms with Crippen LogP contribution in [0.4, 0.5) is 31.1 Å². The molecule has 0 amide bonds. The summed E-state index contributed by atoms with van der Waals surface area (Å²) in [5.41, 5.74) is -5.44. The van der Waals surface area contributed by atoms with E-state index < -0.39 is 46.6 Å². The summed E-state index contributed by atoms with van der Waals surface area (Å²) in [6.45, 7) is 4.11. The number of carbonyl (C=O) groups excluding carboxylic acids is 1. The summed E-state index contributed by atoms with van der Waals surface area (Å²) in [6.07, 6.45) is -12.1. The van der Waals surface area contributed by atoms with Crippen molar-refractivity contribution in [3.05, 3.63) is 22.5 Å². The molecule has 0 fully saturated rings. The van der Waals surface area contributed by atoms with Gasteiger partial charge < -0.3 is 4.74 Å². The molecule has 1 aliphatic rings. The zero-order valence-corrected chi connectivity index (χ0v) is 18.4. The van der Waals surface area contributed by atoms with E-state index in [9.17, 15) is 31.1 Å². The van der Waals surface area contributed by atoms with E-state index in [-0.39, 0.29) is 39.9 Å². The lowest BCUT2D eigenvalue weighted by atomic mass is 9.93. The van der Waals surface area contributed by atoms with Crippen LogP contribution in [0.5, 0.6) is 0 Å². The fourth-order valence-corrected chi connectivity index (χ4v) is 4.20. The van der Waals surface area contributed by atoms with Crippen LogP contribution in [-0.2, 0) is 29.9 Å². The number of hydrogen-bond acceptors (Lipinski definition) is 2. The largest absolute Gasteiger partial charge is 0.443 e. The van der Waals surface area contributed by atoms with Crippen molar-refractivity contribution in [3.8, 4) is 0 Å². The lowest BCUT2D eigenvalue weighted by Gasteiger charge is -2.23. The van der Waals surface area contributed by atoms with E-state index in [0.717, 1.165) is 0 Å². The van der Waals surface area contributed by atoms with Crippen LogP contribution >= 0.6 is 31.9 Å². The number of ether oxygens (including phenoxy) is 1. The first kappa shape index (κ1) is 23.6. The van der Waals surface area contributed by atoms with Crippen molar-refractivity contribution in [3.63, 3.8) is 0 Å². The minimum Gasteiger partial charge on any atom is -0.443 e. The van der Waals surface area contributed by atoms with Crippen LogP contribution < -0.4 is 0 Å². The molecule has 0 spiro atoms. The van der Waals surface area contributed by atoms with Gasteiger partial charge in [-0.25, -0.2) is 9.36 Å². The number of aromatic nitrogens is 1. The number of rotatable bonds is 0. The number of carbonyl (C=O) groups is 1. The average molecular weight is 543 g/mol. The maximum atomic E-state index is 13.8. The third kappa shape index (κ3) is 5.06. The molecule has 1 aromatic rings. The van der Waals surface area contributed by atoms with E-state index in [0.29, 0.717) is 0 Å². The van der Waals surface area contributed by atoms with Gasteiger partial charge in [0.25, 0.3) is 0 Å². The minimum atomic E-state index is -5.15. The molecule has 0 saturated carbocycles. The molecule has 0 N–H and O–H groups in total. The first-order chi connectivity index (χ1) is 12.5. The van der Waals surface area contributed by atoms with Gasteiger partial charge in [-0.05, 0) is 57.6 Å². The Balaban J connectivity index is 2.82. The van der Waals surface area contributed by atoms with Crippen molar-refractivity contribution in [2.75, 3.05) is 0 Å². The quantitative estimate of drug-likeness (QED) is 0.269. The monoisotopic (exact) mass is 541 g/mol. The zero-order valence-electron chi connectivity index (χ0n) is 15.3. The van der Waals surface area contributed by atoms with Gasteiger partial charge >= 0.3 is 18.4 Å². The Morgan fingerprint density at radius 1 is 0.893 bits per heavy atom. The number of fused-ring (bicyclic) bond motifs is 1. The summed E-state index contributed by atoms with van der Waals surface area (Å²) in [5.74, 6) is 0. The maximum Gasteiger partial charge on any atom is 0.432 e. The molecule has 2 rings (SSSR count). The predicted octanol–water partition coefficient (Wildman–Crippen LogP) is 6.71. The molecular formula is C17H19Br2F6NO2. The summed E-state index contributed by atoms with van der Waals surface area (Å²) in [4.78, 5) is 12.0. The molecule has 0 aliphatic heterocycles. The molecule has 0 saturated heterocycles. The van der Waals surface area contributed by atoms with Gasteiger partial charge in [-0.15, -0.1) is 0 Å². The summed E-state index contributed by atoms with van der Waals surface area (Å²) in [6, 6.07) is 0. The van der Waals surface area contributed by atoms with Crippen molar-refractivity contribution in [2.45, 2.75) is 74.1 Å². The maximum absolute atomic E-state index is 13.8. The molecule has 0 bridgehead atoms. The molecule has 11 heteroatoms. The highest BCUT2D eigenvalue weighted by molar-refractivity contribution is 9.12. The Kier molecular flexibility index (Phi) is 6.61. The molecule has 1 heterocycles. The summed E-state index contributed by atoms with van der Waals surface area (Å²) in [7, 11) is 0. The van der Waals surface area contributed by atoms with E-state index in [1.54, 1.807) is 0 Å². The fourth-order valence-electron chi connectivity index (χ4n) is 3.22. The second kappa shape index (κ2) is 7.85. The number of nitrogens with zero attached hydrogens (tertiary/aromatic N) is 1. The van der Waals surface area contributed by atoms with Crippen molar-refractivity contribution in [1.82, 2.24) is 4.57 Å². The van der Waals surface area contributed by atoms with Gasteiger partial charge in [0.1, 0.15) is 17.0 Å². The number of hydrogen-bond donors (Lipinski definition) is 0. The smallest absolute Gasteiger partial charge is 0.432 e. The van der Waals surface area contributed by atoms with Crippen LogP contribution in [0.15, 0.2) is 0 Å². The highest BCUT2D eigenvalue weighted by Crippen LogP contribution is 2.45. The summed E-state index contributed by atoms with van der Waals surface area (Å²) in [5, 5.41) is 0. The molecule has 3 nitrogen and oxygen atoms in total. The van der Waals surface area contributed by atoms with Crippen molar-refractivity contribution in [1.29, 1.82) is 0 Å². The molecule has 1 aliphatic carbocycles.